The molecule has 0 aliphatic carbocycles. The molecule has 0 spiro atoms. The van der Waals surface area contributed by atoms with E-state index >= 15 is 0 Å². The monoisotopic (exact) mass is 337 g/mol. The van der Waals surface area contributed by atoms with E-state index in [0.29, 0.717) is 29.5 Å². The summed E-state index contributed by atoms with van der Waals surface area (Å²) in [5.41, 5.74) is 7.52. The van der Waals surface area contributed by atoms with Gasteiger partial charge >= 0.3 is 0 Å². The van der Waals surface area contributed by atoms with Gasteiger partial charge < -0.3 is 19.9 Å². The molecular formula is C15H16BrNO3. The summed E-state index contributed by atoms with van der Waals surface area (Å²) in [7, 11) is 3.18. The van der Waals surface area contributed by atoms with Gasteiger partial charge in [-0.25, -0.2) is 0 Å². The molecule has 2 aromatic rings. The molecule has 2 aromatic carbocycles. The van der Waals surface area contributed by atoms with Crippen LogP contribution in [-0.2, 0) is 6.61 Å². The molecule has 0 aromatic heterocycles. The number of hydrogen-bond acceptors (Lipinski definition) is 4. The van der Waals surface area contributed by atoms with E-state index in [1.54, 1.807) is 14.2 Å². The van der Waals surface area contributed by atoms with Gasteiger partial charge in [0.1, 0.15) is 6.61 Å². The fourth-order valence-corrected chi connectivity index (χ4v) is 2.33. The normalized spacial score (nSPS) is 10.2. The molecule has 0 saturated carbocycles. The number of anilines is 1. The van der Waals surface area contributed by atoms with E-state index in [1.165, 1.54) is 0 Å². The van der Waals surface area contributed by atoms with Crippen LogP contribution in [-0.4, -0.2) is 14.2 Å². The Kier molecular flexibility index (Phi) is 4.74. The molecule has 0 radical (unpaired) electrons. The average Bonchev–Trinajstić information content (AvgIpc) is 2.46. The summed E-state index contributed by atoms with van der Waals surface area (Å²) in [6, 6.07) is 11.1. The number of nitrogen functional groups attached to an aromatic ring is 1. The third kappa shape index (κ3) is 2.99. The van der Waals surface area contributed by atoms with Crippen LogP contribution in [0.25, 0.3) is 0 Å². The topological polar surface area (TPSA) is 53.7 Å². The average molecular weight is 338 g/mol. The first-order valence-corrected chi connectivity index (χ1v) is 6.83. The van der Waals surface area contributed by atoms with E-state index in [-0.39, 0.29) is 0 Å². The second kappa shape index (κ2) is 6.52. The molecule has 2 N–H and O–H groups in total. The number of benzene rings is 2. The lowest BCUT2D eigenvalue weighted by Crippen LogP contribution is -2.03. The van der Waals surface area contributed by atoms with E-state index < -0.39 is 0 Å². The summed E-state index contributed by atoms with van der Waals surface area (Å²) < 4.78 is 17.3. The van der Waals surface area contributed by atoms with Crippen LogP contribution in [0.4, 0.5) is 5.69 Å². The Morgan fingerprint density at radius 3 is 2.15 bits per heavy atom. The van der Waals surface area contributed by atoms with Gasteiger partial charge in [-0.2, -0.15) is 0 Å². The standard InChI is InChI=1S/C15H16BrNO3/c1-18-13-7-4-8-14(19-2)15(13)20-9-10-11(16)5-3-6-12(10)17/h3-8H,9,17H2,1-2H3. The molecule has 0 fully saturated rings. The van der Waals surface area contributed by atoms with Crippen LogP contribution < -0.4 is 19.9 Å². The number of nitrogens with two attached hydrogens (primary N) is 1. The lowest BCUT2D eigenvalue weighted by Gasteiger charge is -2.15. The predicted molar refractivity (Wildman–Crippen MR) is 82.4 cm³/mol. The van der Waals surface area contributed by atoms with E-state index in [2.05, 4.69) is 15.9 Å². The minimum absolute atomic E-state index is 0.323. The summed E-state index contributed by atoms with van der Waals surface area (Å²) in [6.45, 7) is 0.323. The van der Waals surface area contributed by atoms with E-state index in [0.717, 1.165) is 10.0 Å². The molecule has 106 valence electrons. The molecule has 20 heavy (non-hydrogen) atoms. The molecule has 4 nitrogen and oxygen atoms in total. The minimum Gasteiger partial charge on any atom is -0.493 e. The van der Waals surface area contributed by atoms with Crippen LogP contribution in [0, 0.1) is 0 Å². The van der Waals surface area contributed by atoms with Gasteiger partial charge in [-0.3, -0.25) is 0 Å². The smallest absolute Gasteiger partial charge is 0.203 e. The highest BCUT2D eigenvalue weighted by Crippen LogP contribution is 2.38. The minimum atomic E-state index is 0.323. The first kappa shape index (κ1) is 14.5. The van der Waals surface area contributed by atoms with Crippen molar-refractivity contribution in [2.45, 2.75) is 6.61 Å². The summed E-state index contributed by atoms with van der Waals surface area (Å²) >= 11 is 3.47. The molecule has 0 aliphatic rings. The van der Waals surface area contributed by atoms with Crippen LogP contribution in [0.15, 0.2) is 40.9 Å². The number of hydrogen-bond donors (Lipinski definition) is 1. The maximum absolute atomic E-state index is 5.95. The Morgan fingerprint density at radius 1 is 1.00 bits per heavy atom. The summed E-state index contributed by atoms with van der Waals surface area (Å²) in [5, 5.41) is 0. The zero-order chi connectivity index (χ0) is 14.5. The fourth-order valence-electron chi connectivity index (χ4n) is 1.83. The van der Waals surface area contributed by atoms with Crippen molar-refractivity contribution >= 4 is 21.6 Å². The quantitative estimate of drug-likeness (QED) is 0.846. The molecule has 5 heteroatoms. The predicted octanol–water partition coefficient (Wildman–Crippen LogP) is 3.63. The van der Waals surface area contributed by atoms with Gasteiger partial charge in [-0.1, -0.05) is 28.1 Å². The largest absolute Gasteiger partial charge is 0.493 e. The Hall–Kier alpha value is -1.88. The third-order valence-electron chi connectivity index (χ3n) is 2.90. The van der Waals surface area contributed by atoms with E-state index in [1.807, 2.05) is 36.4 Å². The number of ether oxygens (including phenoxy) is 3. The Labute approximate surface area is 126 Å². The number of methoxy groups -OCH3 is 2. The molecule has 0 amide bonds. The Bertz CT molecular complexity index is 559. The van der Waals surface area contributed by atoms with E-state index in [9.17, 15) is 0 Å². The van der Waals surface area contributed by atoms with Crippen molar-refractivity contribution in [1.29, 1.82) is 0 Å². The zero-order valence-corrected chi connectivity index (χ0v) is 12.9. The van der Waals surface area contributed by atoms with Crippen molar-refractivity contribution in [1.82, 2.24) is 0 Å². The van der Waals surface area contributed by atoms with Crippen molar-refractivity contribution in [3.8, 4) is 17.2 Å². The number of rotatable bonds is 5. The first-order chi connectivity index (χ1) is 9.67. The molecule has 0 aliphatic heterocycles. The maximum atomic E-state index is 5.95. The Balaban J connectivity index is 2.27. The van der Waals surface area contributed by atoms with Gasteiger partial charge in [0.15, 0.2) is 11.5 Å². The van der Waals surface area contributed by atoms with Gasteiger partial charge in [0.05, 0.1) is 14.2 Å². The van der Waals surface area contributed by atoms with Gasteiger partial charge in [0.25, 0.3) is 0 Å². The second-order valence-corrected chi connectivity index (χ2v) is 4.94. The number of para-hydroxylation sites is 1. The third-order valence-corrected chi connectivity index (χ3v) is 3.64. The molecule has 0 bridgehead atoms. The summed E-state index contributed by atoms with van der Waals surface area (Å²) in [4.78, 5) is 0. The highest BCUT2D eigenvalue weighted by atomic mass is 79.9. The van der Waals surface area contributed by atoms with Crippen molar-refractivity contribution in [3.05, 3.63) is 46.4 Å². The van der Waals surface area contributed by atoms with Gasteiger partial charge in [-0.15, -0.1) is 0 Å². The maximum Gasteiger partial charge on any atom is 0.203 e. The van der Waals surface area contributed by atoms with Crippen molar-refractivity contribution < 1.29 is 14.2 Å². The molecule has 0 saturated heterocycles. The van der Waals surface area contributed by atoms with Gasteiger partial charge in [0, 0.05) is 15.7 Å². The van der Waals surface area contributed by atoms with Gasteiger partial charge in [-0.05, 0) is 24.3 Å². The van der Waals surface area contributed by atoms with Crippen molar-refractivity contribution in [3.63, 3.8) is 0 Å². The summed E-state index contributed by atoms with van der Waals surface area (Å²) in [5.74, 6) is 1.80. The van der Waals surface area contributed by atoms with Crippen LogP contribution in [0.2, 0.25) is 0 Å². The fraction of sp³-hybridized carbons (Fsp3) is 0.200. The lowest BCUT2D eigenvalue weighted by molar-refractivity contribution is 0.266. The van der Waals surface area contributed by atoms with Gasteiger partial charge in [0.2, 0.25) is 5.75 Å². The zero-order valence-electron chi connectivity index (χ0n) is 11.4. The van der Waals surface area contributed by atoms with Crippen LogP contribution in [0.5, 0.6) is 17.2 Å². The highest BCUT2D eigenvalue weighted by molar-refractivity contribution is 9.10. The van der Waals surface area contributed by atoms with Crippen molar-refractivity contribution in [2.24, 2.45) is 0 Å². The Morgan fingerprint density at radius 2 is 1.60 bits per heavy atom. The van der Waals surface area contributed by atoms with Crippen LogP contribution in [0.3, 0.4) is 0 Å². The van der Waals surface area contributed by atoms with Crippen molar-refractivity contribution in [2.75, 3.05) is 20.0 Å². The van der Waals surface area contributed by atoms with E-state index in [4.69, 9.17) is 19.9 Å². The molecule has 0 heterocycles. The molecule has 0 atom stereocenters. The highest BCUT2D eigenvalue weighted by Gasteiger charge is 2.13. The van der Waals surface area contributed by atoms with Crippen LogP contribution in [0.1, 0.15) is 5.56 Å². The second-order valence-electron chi connectivity index (χ2n) is 4.09. The lowest BCUT2D eigenvalue weighted by atomic mass is 10.2. The summed E-state index contributed by atoms with van der Waals surface area (Å²) in [6.07, 6.45) is 0. The SMILES string of the molecule is COc1cccc(OC)c1OCc1c(N)cccc1Br. The molecular weight excluding hydrogens is 322 g/mol. The molecule has 0 unspecified atom stereocenters. The van der Waals surface area contributed by atoms with Crippen LogP contribution >= 0.6 is 15.9 Å². The molecule has 2 rings (SSSR count). The number of halogens is 1. The first-order valence-electron chi connectivity index (χ1n) is 6.04.